The summed E-state index contributed by atoms with van der Waals surface area (Å²) in [6.07, 6.45) is 3.48. The summed E-state index contributed by atoms with van der Waals surface area (Å²) < 4.78 is 0. The molecule has 0 aliphatic carbocycles. The molecule has 1 unspecified atom stereocenters. The standard InChI is InChI=1S/C14H24N4/c1-4-13-17-11(3)10(2)14(18-13)16-9-12-6-5-7-15-8-12/h12,15H,4-9H2,1-3H3,(H,16,17,18). The topological polar surface area (TPSA) is 49.8 Å². The van der Waals surface area contributed by atoms with Crippen molar-refractivity contribution in [3.8, 4) is 0 Å². The lowest BCUT2D eigenvalue weighted by Crippen LogP contribution is -2.33. The molecule has 1 aliphatic heterocycles. The Hall–Kier alpha value is -1.16. The third-order valence-corrected chi connectivity index (χ3v) is 3.71. The molecule has 1 aromatic rings. The van der Waals surface area contributed by atoms with E-state index in [-0.39, 0.29) is 0 Å². The summed E-state index contributed by atoms with van der Waals surface area (Å²) in [5.41, 5.74) is 2.27. The highest BCUT2D eigenvalue weighted by Crippen LogP contribution is 2.17. The van der Waals surface area contributed by atoms with E-state index in [0.717, 1.165) is 42.8 Å². The number of piperidine rings is 1. The molecule has 0 bridgehead atoms. The highest BCUT2D eigenvalue weighted by Gasteiger charge is 2.14. The Morgan fingerprint density at radius 3 is 2.83 bits per heavy atom. The van der Waals surface area contributed by atoms with Crippen LogP contribution in [0, 0.1) is 19.8 Å². The Balaban J connectivity index is 2.01. The van der Waals surface area contributed by atoms with Crippen molar-refractivity contribution in [2.24, 2.45) is 5.92 Å². The number of anilines is 1. The lowest BCUT2D eigenvalue weighted by molar-refractivity contribution is 0.392. The summed E-state index contributed by atoms with van der Waals surface area (Å²) in [7, 11) is 0. The van der Waals surface area contributed by atoms with Crippen molar-refractivity contribution in [1.29, 1.82) is 0 Å². The van der Waals surface area contributed by atoms with E-state index >= 15 is 0 Å². The minimum absolute atomic E-state index is 0.721. The van der Waals surface area contributed by atoms with Crippen LogP contribution in [-0.4, -0.2) is 29.6 Å². The average Bonchev–Trinajstić information content (AvgIpc) is 2.41. The second-order valence-electron chi connectivity index (χ2n) is 5.15. The fraction of sp³-hybridized carbons (Fsp3) is 0.714. The predicted molar refractivity (Wildman–Crippen MR) is 75.0 cm³/mol. The number of nitrogens with one attached hydrogen (secondary N) is 2. The average molecular weight is 248 g/mol. The van der Waals surface area contributed by atoms with Crippen LogP contribution >= 0.6 is 0 Å². The summed E-state index contributed by atoms with van der Waals surface area (Å²) in [5.74, 6) is 2.67. The molecule has 0 radical (unpaired) electrons. The van der Waals surface area contributed by atoms with E-state index < -0.39 is 0 Å². The van der Waals surface area contributed by atoms with Gasteiger partial charge in [0.2, 0.25) is 0 Å². The summed E-state index contributed by atoms with van der Waals surface area (Å²) in [5, 5.41) is 6.95. The fourth-order valence-electron chi connectivity index (χ4n) is 2.36. The molecule has 1 atom stereocenters. The molecule has 0 spiro atoms. The van der Waals surface area contributed by atoms with Gasteiger partial charge in [0.05, 0.1) is 0 Å². The van der Waals surface area contributed by atoms with Gasteiger partial charge in [0.15, 0.2) is 0 Å². The molecule has 4 nitrogen and oxygen atoms in total. The van der Waals surface area contributed by atoms with Crippen LogP contribution in [0.4, 0.5) is 5.82 Å². The minimum atomic E-state index is 0.721. The number of hydrogen-bond acceptors (Lipinski definition) is 4. The maximum absolute atomic E-state index is 4.59. The van der Waals surface area contributed by atoms with Gasteiger partial charge in [-0.2, -0.15) is 0 Å². The zero-order valence-electron chi connectivity index (χ0n) is 11.7. The monoisotopic (exact) mass is 248 g/mol. The summed E-state index contributed by atoms with van der Waals surface area (Å²) in [4.78, 5) is 9.08. The third-order valence-electron chi connectivity index (χ3n) is 3.71. The molecule has 2 heterocycles. The maximum Gasteiger partial charge on any atom is 0.132 e. The van der Waals surface area contributed by atoms with Gasteiger partial charge in [-0.3, -0.25) is 0 Å². The molecule has 2 N–H and O–H groups in total. The highest BCUT2D eigenvalue weighted by atomic mass is 15.0. The zero-order valence-corrected chi connectivity index (χ0v) is 11.7. The van der Waals surface area contributed by atoms with Gasteiger partial charge in [0.25, 0.3) is 0 Å². The Morgan fingerprint density at radius 2 is 2.17 bits per heavy atom. The van der Waals surface area contributed by atoms with E-state index in [4.69, 9.17) is 0 Å². The molecule has 100 valence electrons. The van der Waals surface area contributed by atoms with Crippen LogP contribution in [0.25, 0.3) is 0 Å². The van der Waals surface area contributed by atoms with Gasteiger partial charge in [0, 0.05) is 24.2 Å². The second-order valence-corrected chi connectivity index (χ2v) is 5.15. The fourth-order valence-corrected chi connectivity index (χ4v) is 2.36. The summed E-state index contributed by atoms with van der Waals surface area (Å²) in [6, 6.07) is 0. The maximum atomic E-state index is 4.59. The van der Waals surface area contributed by atoms with Gasteiger partial charge in [-0.1, -0.05) is 6.92 Å². The lowest BCUT2D eigenvalue weighted by Gasteiger charge is -2.23. The Kier molecular flexibility index (Phi) is 4.53. The minimum Gasteiger partial charge on any atom is -0.369 e. The molecule has 0 saturated carbocycles. The normalized spacial score (nSPS) is 19.8. The molecular formula is C14H24N4. The van der Waals surface area contributed by atoms with E-state index in [2.05, 4.69) is 41.4 Å². The van der Waals surface area contributed by atoms with Crippen molar-refractivity contribution < 1.29 is 0 Å². The Morgan fingerprint density at radius 1 is 1.33 bits per heavy atom. The smallest absolute Gasteiger partial charge is 0.132 e. The van der Waals surface area contributed by atoms with Crippen LogP contribution in [0.2, 0.25) is 0 Å². The molecule has 1 fully saturated rings. The van der Waals surface area contributed by atoms with Crippen molar-refractivity contribution in [3.63, 3.8) is 0 Å². The molecule has 1 saturated heterocycles. The quantitative estimate of drug-likeness (QED) is 0.856. The van der Waals surface area contributed by atoms with Gasteiger partial charge in [0.1, 0.15) is 11.6 Å². The van der Waals surface area contributed by atoms with Gasteiger partial charge >= 0.3 is 0 Å². The molecule has 18 heavy (non-hydrogen) atoms. The van der Waals surface area contributed by atoms with E-state index in [1.165, 1.54) is 24.9 Å². The molecule has 0 aromatic carbocycles. The summed E-state index contributed by atoms with van der Waals surface area (Å²) in [6.45, 7) is 9.55. The molecule has 0 amide bonds. The lowest BCUT2D eigenvalue weighted by atomic mass is 10.00. The van der Waals surface area contributed by atoms with Crippen molar-refractivity contribution in [3.05, 3.63) is 17.1 Å². The van der Waals surface area contributed by atoms with Gasteiger partial charge in [-0.25, -0.2) is 9.97 Å². The van der Waals surface area contributed by atoms with E-state index in [9.17, 15) is 0 Å². The number of aryl methyl sites for hydroxylation is 2. The van der Waals surface area contributed by atoms with Crippen LogP contribution < -0.4 is 10.6 Å². The molecule has 1 aliphatic rings. The second kappa shape index (κ2) is 6.14. The Bertz CT molecular complexity index is 397. The Labute approximate surface area is 110 Å². The number of aromatic nitrogens is 2. The van der Waals surface area contributed by atoms with E-state index in [0.29, 0.717) is 0 Å². The predicted octanol–water partition coefficient (Wildman–Crippen LogP) is 2.07. The first-order valence-corrected chi connectivity index (χ1v) is 6.99. The first-order chi connectivity index (χ1) is 8.70. The van der Waals surface area contributed by atoms with Gasteiger partial charge in [-0.15, -0.1) is 0 Å². The number of nitrogens with zero attached hydrogens (tertiary/aromatic N) is 2. The van der Waals surface area contributed by atoms with E-state index in [1.54, 1.807) is 0 Å². The highest BCUT2D eigenvalue weighted by molar-refractivity contribution is 5.45. The van der Waals surface area contributed by atoms with Crippen molar-refractivity contribution >= 4 is 5.82 Å². The largest absolute Gasteiger partial charge is 0.369 e. The van der Waals surface area contributed by atoms with Gasteiger partial charge < -0.3 is 10.6 Å². The van der Waals surface area contributed by atoms with Crippen LogP contribution in [0.15, 0.2) is 0 Å². The first-order valence-electron chi connectivity index (χ1n) is 6.99. The number of rotatable bonds is 4. The SMILES string of the molecule is CCc1nc(C)c(C)c(NCC2CCCNC2)n1. The van der Waals surface area contributed by atoms with Crippen molar-refractivity contribution in [2.75, 3.05) is 25.0 Å². The molecule has 1 aromatic heterocycles. The van der Waals surface area contributed by atoms with Crippen LogP contribution in [0.3, 0.4) is 0 Å². The zero-order chi connectivity index (χ0) is 13.0. The molecule has 4 heteroatoms. The van der Waals surface area contributed by atoms with E-state index in [1.807, 2.05) is 0 Å². The van der Waals surface area contributed by atoms with Gasteiger partial charge in [-0.05, 0) is 45.7 Å². The molecule has 2 rings (SSSR count). The van der Waals surface area contributed by atoms with Crippen LogP contribution in [0.1, 0.15) is 36.8 Å². The van der Waals surface area contributed by atoms with Crippen LogP contribution in [-0.2, 0) is 6.42 Å². The van der Waals surface area contributed by atoms with Crippen molar-refractivity contribution in [1.82, 2.24) is 15.3 Å². The molecular weight excluding hydrogens is 224 g/mol. The first kappa shape index (κ1) is 13.3. The van der Waals surface area contributed by atoms with Crippen molar-refractivity contribution in [2.45, 2.75) is 40.0 Å². The van der Waals surface area contributed by atoms with Crippen LogP contribution in [0.5, 0.6) is 0 Å². The third kappa shape index (κ3) is 3.19. The summed E-state index contributed by atoms with van der Waals surface area (Å²) >= 11 is 0. The number of hydrogen-bond donors (Lipinski definition) is 2.